The standard InChI is InChI=1S/C21H32N4O3/c1-2-18-22-8-12-23(18)11-7-19(26)25-13-17-14-28-16-21(17,15-25)20(27)24-9-5-3-4-6-10-24/h8,12,17H,2-7,9-11,13-16H2,1H3/t17?,21-/m1/s1. The first-order chi connectivity index (χ1) is 13.6. The Hall–Kier alpha value is -1.89. The fourth-order valence-corrected chi connectivity index (χ4v) is 5.05. The molecule has 4 rings (SSSR count). The van der Waals surface area contributed by atoms with E-state index in [9.17, 15) is 9.59 Å². The highest BCUT2D eigenvalue weighted by Crippen LogP contribution is 2.43. The number of fused-ring (bicyclic) bond motifs is 1. The molecule has 3 aliphatic heterocycles. The predicted octanol–water partition coefficient (Wildman–Crippen LogP) is 1.71. The number of imidazole rings is 1. The molecule has 7 heteroatoms. The fraction of sp³-hybridized carbons (Fsp3) is 0.762. The first-order valence-corrected chi connectivity index (χ1v) is 10.8. The van der Waals surface area contributed by atoms with Gasteiger partial charge in [-0.2, -0.15) is 0 Å². The van der Waals surface area contributed by atoms with Gasteiger partial charge in [0.2, 0.25) is 11.8 Å². The summed E-state index contributed by atoms with van der Waals surface area (Å²) in [4.78, 5) is 34.6. The Morgan fingerprint density at radius 3 is 2.75 bits per heavy atom. The van der Waals surface area contributed by atoms with Crippen molar-refractivity contribution in [1.82, 2.24) is 19.4 Å². The third-order valence-corrected chi connectivity index (χ3v) is 6.73. The molecule has 0 aliphatic carbocycles. The number of nitrogens with zero attached hydrogens (tertiary/aromatic N) is 4. The molecule has 3 saturated heterocycles. The number of ether oxygens (including phenoxy) is 1. The zero-order valence-electron chi connectivity index (χ0n) is 16.9. The molecule has 7 nitrogen and oxygen atoms in total. The number of carbonyl (C=O) groups excluding carboxylic acids is 2. The quantitative estimate of drug-likeness (QED) is 0.770. The first-order valence-electron chi connectivity index (χ1n) is 10.8. The van der Waals surface area contributed by atoms with Crippen molar-refractivity contribution < 1.29 is 14.3 Å². The summed E-state index contributed by atoms with van der Waals surface area (Å²) in [5.74, 6) is 1.49. The van der Waals surface area contributed by atoms with Crippen molar-refractivity contribution >= 4 is 11.8 Å². The monoisotopic (exact) mass is 388 g/mol. The van der Waals surface area contributed by atoms with Crippen molar-refractivity contribution in [3.63, 3.8) is 0 Å². The van der Waals surface area contributed by atoms with Crippen LogP contribution in [0, 0.1) is 11.3 Å². The summed E-state index contributed by atoms with van der Waals surface area (Å²) >= 11 is 0. The lowest BCUT2D eigenvalue weighted by molar-refractivity contribution is -0.143. The molecule has 2 atom stereocenters. The normalized spacial score (nSPS) is 27.7. The van der Waals surface area contributed by atoms with Crippen molar-refractivity contribution in [1.29, 1.82) is 0 Å². The van der Waals surface area contributed by atoms with Crippen LogP contribution in [0.5, 0.6) is 0 Å². The van der Waals surface area contributed by atoms with Crippen LogP contribution in [0.1, 0.15) is 44.9 Å². The number of amides is 2. The molecule has 3 fully saturated rings. The second kappa shape index (κ2) is 8.23. The Kier molecular flexibility index (Phi) is 5.71. The van der Waals surface area contributed by atoms with E-state index in [0.29, 0.717) is 39.3 Å². The van der Waals surface area contributed by atoms with Gasteiger partial charge in [0.1, 0.15) is 5.82 Å². The Labute approximate surface area is 167 Å². The minimum absolute atomic E-state index is 0.131. The molecular formula is C21H32N4O3. The molecule has 1 aromatic rings. The molecule has 2 amide bonds. The highest BCUT2D eigenvalue weighted by molar-refractivity contribution is 5.86. The summed E-state index contributed by atoms with van der Waals surface area (Å²) in [6.07, 6.45) is 9.60. The van der Waals surface area contributed by atoms with E-state index in [2.05, 4.69) is 16.5 Å². The van der Waals surface area contributed by atoms with Crippen molar-refractivity contribution in [2.45, 2.75) is 52.0 Å². The van der Waals surface area contributed by atoms with Crippen molar-refractivity contribution in [2.24, 2.45) is 11.3 Å². The van der Waals surface area contributed by atoms with Crippen LogP contribution < -0.4 is 0 Å². The smallest absolute Gasteiger partial charge is 0.233 e. The SMILES string of the molecule is CCc1nccn1CCC(=O)N1CC2COC[C@]2(C(=O)N2CCCCCC2)C1. The maximum absolute atomic E-state index is 13.4. The molecule has 154 valence electrons. The number of carbonyl (C=O) groups is 2. The van der Waals surface area contributed by atoms with Crippen LogP contribution in [0.4, 0.5) is 0 Å². The number of rotatable bonds is 5. The third-order valence-electron chi connectivity index (χ3n) is 6.73. The number of hydrogen-bond acceptors (Lipinski definition) is 4. The first kappa shape index (κ1) is 19.4. The van der Waals surface area contributed by atoms with E-state index in [0.717, 1.165) is 38.2 Å². The zero-order chi connectivity index (χ0) is 19.6. The summed E-state index contributed by atoms with van der Waals surface area (Å²) in [6.45, 7) is 6.61. The molecule has 0 N–H and O–H groups in total. The maximum atomic E-state index is 13.4. The predicted molar refractivity (Wildman–Crippen MR) is 105 cm³/mol. The van der Waals surface area contributed by atoms with Crippen LogP contribution in [0.25, 0.3) is 0 Å². The summed E-state index contributed by atoms with van der Waals surface area (Å²) in [7, 11) is 0. The van der Waals surface area contributed by atoms with Crippen LogP contribution >= 0.6 is 0 Å². The number of aryl methyl sites for hydroxylation is 2. The van der Waals surface area contributed by atoms with Crippen molar-refractivity contribution in [3.05, 3.63) is 18.2 Å². The van der Waals surface area contributed by atoms with Gasteiger partial charge in [-0.05, 0) is 12.8 Å². The molecule has 0 aromatic carbocycles. The molecule has 1 unspecified atom stereocenters. The van der Waals surface area contributed by atoms with Crippen LogP contribution in [0.15, 0.2) is 12.4 Å². The van der Waals surface area contributed by atoms with Crippen molar-refractivity contribution in [2.75, 3.05) is 39.4 Å². The van der Waals surface area contributed by atoms with E-state index < -0.39 is 5.41 Å². The van der Waals surface area contributed by atoms with Gasteiger partial charge in [0.25, 0.3) is 0 Å². The minimum atomic E-state index is -0.524. The van der Waals surface area contributed by atoms with Gasteiger partial charge in [-0.1, -0.05) is 19.8 Å². The molecule has 0 saturated carbocycles. The van der Waals surface area contributed by atoms with Gasteiger partial charge in [-0.25, -0.2) is 4.98 Å². The summed E-state index contributed by atoms with van der Waals surface area (Å²) in [5, 5.41) is 0. The molecule has 0 spiro atoms. The van der Waals surface area contributed by atoms with Gasteiger partial charge in [0.05, 0.1) is 18.6 Å². The zero-order valence-corrected chi connectivity index (χ0v) is 16.9. The fourth-order valence-electron chi connectivity index (χ4n) is 5.05. The van der Waals surface area contributed by atoms with E-state index in [1.807, 2.05) is 16.0 Å². The lowest BCUT2D eigenvalue weighted by Crippen LogP contribution is -2.49. The molecule has 0 bridgehead atoms. The van der Waals surface area contributed by atoms with Crippen LogP contribution in [-0.2, 0) is 27.3 Å². The Morgan fingerprint density at radius 2 is 2.00 bits per heavy atom. The molecule has 3 aliphatic rings. The summed E-state index contributed by atoms with van der Waals surface area (Å²) in [6, 6.07) is 0. The van der Waals surface area contributed by atoms with E-state index in [-0.39, 0.29) is 17.7 Å². The minimum Gasteiger partial charge on any atom is -0.380 e. The highest BCUT2D eigenvalue weighted by Gasteiger charge is 2.57. The third kappa shape index (κ3) is 3.56. The molecule has 4 heterocycles. The van der Waals surface area contributed by atoms with E-state index in [4.69, 9.17) is 4.74 Å². The highest BCUT2D eigenvalue weighted by atomic mass is 16.5. The van der Waals surface area contributed by atoms with Gasteiger partial charge in [-0.3, -0.25) is 9.59 Å². The largest absolute Gasteiger partial charge is 0.380 e. The average Bonchev–Trinajstić information content (AvgIpc) is 3.34. The Morgan fingerprint density at radius 1 is 1.21 bits per heavy atom. The maximum Gasteiger partial charge on any atom is 0.233 e. The lowest BCUT2D eigenvalue weighted by Gasteiger charge is -2.32. The molecule has 0 radical (unpaired) electrons. The van der Waals surface area contributed by atoms with Crippen molar-refractivity contribution in [3.8, 4) is 0 Å². The number of aromatic nitrogens is 2. The Bertz CT molecular complexity index is 710. The average molecular weight is 389 g/mol. The second-order valence-electron chi connectivity index (χ2n) is 8.49. The van der Waals surface area contributed by atoms with Crippen LogP contribution in [0.3, 0.4) is 0 Å². The van der Waals surface area contributed by atoms with Gasteiger partial charge in [0, 0.05) is 63.9 Å². The Balaban J connectivity index is 1.41. The van der Waals surface area contributed by atoms with Gasteiger partial charge in [-0.15, -0.1) is 0 Å². The molecule has 28 heavy (non-hydrogen) atoms. The van der Waals surface area contributed by atoms with Crippen LogP contribution in [-0.4, -0.2) is 70.6 Å². The number of likely N-dealkylation sites (tertiary alicyclic amines) is 2. The second-order valence-corrected chi connectivity index (χ2v) is 8.49. The summed E-state index contributed by atoms with van der Waals surface area (Å²) < 4.78 is 7.79. The van der Waals surface area contributed by atoms with E-state index in [1.165, 1.54) is 12.8 Å². The van der Waals surface area contributed by atoms with E-state index in [1.54, 1.807) is 6.20 Å². The topological polar surface area (TPSA) is 67.7 Å². The van der Waals surface area contributed by atoms with Gasteiger partial charge < -0.3 is 19.1 Å². The summed E-state index contributed by atoms with van der Waals surface area (Å²) in [5.41, 5.74) is -0.524. The molecular weight excluding hydrogens is 356 g/mol. The molecule has 1 aromatic heterocycles. The lowest BCUT2D eigenvalue weighted by atomic mass is 9.79. The van der Waals surface area contributed by atoms with Crippen LogP contribution in [0.2, 0.25) is 0 Å². The van der Waals surface area contributed by atoms with Gasteiger partial charge >= 0.3 is 0 Å². The van der Waals surface area contributed by atoms with E-state index >= 15 is 0 Å². The van der Waals surface area contributed by atoms with Gasteiger partial charge in [0.15, 0.2) is 0 Å². The number of hydrogen-bond donors (Lipinski definition) is 0.